The molecule has 14 heteroatoms. The zero-order valence-corrected chi connectivity index (χ0v) is 71.5. The van der Waals surface area contributed by atoms with E-state index in [0.29, 0.717) is 11.5 Å². The summed E-state index contributed by atoms with van der Waals surface area (Å²) in [6.45, 7) is 0. The van der Waals surface area contributed by atoms with E-state index in [-0.39, 0.29) is 0 Å². The Labute approximate surface area is 760 Å². The number of nitriles is 1. The molecule has 0 aliphatic heterocycles. The summed E-state index contributed by atoms with van der Waals surface area (Å²) in [7, 11) is 0. The standard InChI is InChI=1S/C41H24N4.C40H23N5.C39H21N5/c1-5-16-34-27(12-1)30-20-21-42-24-38(30)43(34)25-10-9-11-26(22-25)44-35-17-6-2-13-28(35)32-23-33-29-14-3-7-18-36(29)45-37-19-8-4-15-31(37)39(40(32)44)41(33)45;1-5-13-32-25(9-1)28-19-20-41-23-36(28)43(32)24-17-18-37(42-22-24)45-34-15-7-3-11-27(34)31-21-30-26-10-2-6-14-33(26)44-35-16-8-4-12-29(35)38(39(30)44)40(31)45;40-22-23-10-9-11-24(20-23)36-27-14-1-5-16-31(27)41-39(42-36)44-33-18-7-3-13-26(33)30-21-29-25-12-2-6-17-32(25)43-34-19-8-4-15-28(34)35(37(29)43)38(30)44/h1-24H;1-23H;1-21H. The largest absolute Gasteiger partial charge is 0.308 e. The number of aromatic nitrogens is 13. The molecular formula is C120H68N14. The summed E-state index contributed by atoms with van der Waals surface area (Å²) in [6.07, 6.45) is 9.67. The van der Waals surface area contributed by atoms with Crippen LogP contribution in [0.1, 0.15) is 5.56 Å². The normalized spacial score (nSPS) is 12.3. The average Bonchev–Trinajstić information content (AvgIpc) is 1.52. The molecule has 0 unspecified atom stereocenters. The van der Waals surface area contributed by atoms with Crippen molar-refractivity contribution in [1.82, 2.24) is 61.0 Å². The molecule has 0 atom stereocenters. The molecule has 0 saturated carbocycles. The number of pyridine rings is 3. The lowest BCUT2D eigenvalue weighted by Gasteiger charge is -2.13. The smallest absolute Gasteiger partial charge is 0.235 e. The van der Waals surface area contributed by atoms with Gasteiger partial charge in [-0.1, -0.05) is 237 Å². The maximum atomic E-state index is 9.66. The van der Waals surface area contributed by atoms with Crippen LogP contribution in [0.15, 0.2) is 413 Å². The fourth-order valence-corrected chi connectivity index (χ4v) is 23.3. The van der Waals surface area contributed by atoms with Crippen molar-refractivity contribution in [2.24, 2.45) is 0 Å². The van der Waals surface area contributed by atoms with Gasteiger partial charge in [0.1, 0.15) is 5.82 Å². The predicted octanol–water partition coefficient (Wildman–Crippen LogP) is 29.7. The Hall–Kier alpha value is -18.6. The van der Waals surface area contributed by atoms with Gasteiger partial charge in [0.15, 0.2) is 0 Å². The average molecular weight is 1710 g/mol. The number of nitrogens with zero attached hydrogens (tertiary/aromatic N) is 14. The molecule has 32 rings (SSSR count). The topological polar surface area (TPSA) is 126 Å². The van der Waals surface area contributed by atoms with Gasteiger partial charge in [0.05, 0.1) is 152 Å². The van der Waals surface area contributed by atoms with Gasteiger partial charge in [-0.25, -0.2) is 15.0 Å². The molecule has 15 heterocycles. The van der Waals surface area contributed by atoms with Crippen LogP contribution in [0, 0.1) is 11.3 Å². The van der Waals surface area contributed by atoms with Gasteiger partial charge in [0, 0.05) is 153 Å². The number of fused-ring (bicyclic) bond motifs is 37. The van der Waals surface area contributed by atoms with E-state index < -0.39 is 0 Å². The van der Waals surface area contributed by atoms with E-state index in [1.54, 1.807) is 0 Å². The van der Waals surface area contributed by atoms with E-state index in [0.717, 1.165) is 83.5 Å². The number of rotatable bonds is 6. The Morgan fingerprint density at radius 3 is 1.00 bits per heavy atom. The minimum atomic E-state index is 0.601. The van der Waals surface area contributed by atoms with Gasteiger partial charge in [0.2, 0.25) is 5.95 Å². The zero-order valence-electron chi connectivity index (χ0n) is 71.5. The second-order valence-corrected chi connectivity index (χ2v) is 35.3. The molecule has 618 valence electrons. The highest BCUT2D eigenvalue weighted by Gasteiger charge is 2.31. The minimum absolute atomic E-state index is 0.601. The Morgan fingerprint density at radius 1 is 0.216 bits per heavy atom. The third-order valence-corrected chi connectivity index (χ3v) is 28.6. The highest BCUT2D eigenvalue weighted by molar-refractivity contribution is 6.38. The monoisotopic (exact) mass is 1700 g/mol. The highest BCUT2D eigenvalue weighted by atomic mass is 15.2. The van der Waals surface area contributed by atoms with Gasteiger partial charge in [-0.15, -0.1) is 0 Å². The van der Waals surface area contributed by atoms with Crippen LogP contribution in [-0.2, 0) is 0 Å². The van der Waals surface area contributed by atoms with Gasteiger partial charge in [-0.05, 0) is 146 Å². The molecule has 0 saturated heterocycles. The number of para-hydroxylation sites is 12. The van der Waals surface area contributed by atoms with E-state index in [1.165, 1.54) is 185 Å². The van der Waals surface area contributed by atoms with Crippen LogP contribution < -0.4 is 0 Å². The summed E-state index contributed by atoms with van der Waals surface area (Å²) in [5.41, 5.74) is 29.0. The lowest BCUT2D eigenvalue weighted by atomic mass is 10.0. The van der Waals surface area contributed by atoms with E-state index in [2.05, 4.69) is 392 Å². The van der Waals surface area contributed by atoms with Crippen LogP contribution in [0.4, 0.5) is 0 Å². The van der Waals surface area contributed by atoms with Gasteiger partial charge >= 0.3 is 0 Å². The van der Waals surface area contributed by atoms with Crippen molar-refractivity contribution in [3.8, 4) is 46.2 Å². The molecule has 0 radical (unpaired) electrons. The molecule has 0 fully saturated rings. The maximum Gasteiger partial charge on any atom is 0.235 e. The lowest BCUT2D eigenvalue weighted by molar-refractivity contribution is 1.02. The van der Waals surface area contributed by atoms with Gasteiger partial charge in [-0.2, -0.15) is 5.26 Å². The molecule has 0 amide bonds. The molecule has 32 aromatic rings. The SMILES string of the molecule is N#Cc1cccc(-c2nc(-n3c4ccccc4c4cc5c6ccccc6n6c7ccccc7c(c43)c56)nc3ccccc23)c1.c1cc(-n2c3ccccc3c3ccncc32)cc(-n2c3ccccc3c3cc4c5ccccc5n5c6ccccc6c(c32)c45)c1.c1ccc2c(c1)c1ccncc1n2-c1ccc(-n2c3ccccc3c3cc4c5ccccc5n5c6ccccc6c(c32)c45)nc1. The van der Waals surface area contributed by atoms with Crippen molar-refractivity contribution < 1.29 is 0 Å². The summed E-state index contributed by atoms with van der Waals surface area (Å²) < 4.78 is 19.0. The van der Waals surface area contributed by atoms with E-state index >= 15 is 0 Å². The van der Waals surface area contributed by atoms with Crippen molar-refractivity contribution in [3.63, 3.8) is 0 Å². The van der Waals surface area contributed by atoms with Crippen molar-refractivity contribution >= 4 is 234 Å². The van der Waals surface area contributed by atoms with Gasteiger partial charge in [0.25, 0.3) is 0 Å². The lowest BCUT2D eigenvalue weighted by Crippen LogP contribution is -2.03. The quantitative estimate of drug-likeness (QED) is 0.163. The summed E-state index contributed by atoms with van der Waals surface area (Å²) >= 11 is 0. The summed E-state index contributed by atoms with van der Waals surface area (Å²) in [6, 6.07) is 139. The predicted molar refractivity (Wildman–Crippen MR) is 552 cm³/mol. The Kier molecular flexibility index (Phi) is 14.7. The third-order valence-electron chi connectivity index (χ3n) is 28.6. The number of hydrogen-bond acceptors (Lipinski definition) is 6. The molecule has 0 spiro atoms. The van der Waals surface area contributed by atoms with Crippen LogP contribution in [0.5, 0.6) is 0 Å². The summed E-state index contributed by atoms with van der Waals surface area (Å²) in [5, 5.41) is 38.0. The molecule has 0 aliphatic rings. The van der Waals surface area contributed by atoms with Crippen LogP contribution >= 0.6 is 0 Å². The van der Waals surface area contributed by atoms with Crippen LogP contribution in [0.3, 0.4) is 0 Å². The first-order chi connectivity index (χ1) is 66.5. The molecule has 0 bridgehead atoms. The Morgan fingerprint density at radius 2 is 0.552 bits per heavy atom. The first-order valence-electron chi connectivity index (χ1n) is 45.3. The fourth-order valence-electron chi connectivity index (χ4n) is 23.3. The second-order valence-electron chi connectivity index (χ2n) is 35.3. The fraction of sp³-hybridized carbons (Fsp3) is 0. The molecule has 15 aromatic heterocycles. The van der Waals surface area contributed by atoms with Crippen LogP contribution in [0.25, 0.3) is 274 Å². The minimum Gasteiger partial charge on any atom is -0.308 e. The Bertz CT molecular complexity index is 10600. The molecule has 134 heavy (non-hydrogen) atoms. The first-order valence-corrected chi connectivity index (χ1v) is 45.3. The van der Waals surface area contributed by atoms with Crippen molar-refractivity contribution in [1.29, 1.82) is 5.26 Å². The zero-order chi connectivity index (χ0) is 87.4. The highest BCUT2D eigenvalue weighted by Crippen LogP contribution is 2.52. The molecule has 0 aliphatic carbocycles. The second kappa shape index (κ2) is 27.2. The molecule has 17 aromatic carbocycles. The number of hydrogen-bond donors (Lipinski definition) is 0. The number of benzene rings is 17. The van der Waals surface area contributed by atoms with E-state index in [1.807, 2.05) is 73.4 Å². The summed E-state index contributed by atoms with van der Waals surface area (Å²) in [5.74, 6) is 1.50. The van der Waals surface area contributed by atoms with E-state index in [9.17, 15) is 5.26 Å². The molecular weight excluding hydrogens is 1640 g/mol. The maximum absolute atomic E-state index is 9.66. The van der Waals surface area contributed by atoms with Gasteiger partial charge < -0.3 is 26.9 Å². The molecule has 14 nitrogen and oxygen atoms in total. The van der Waals surface area contributed by atoms with Crippen molar-refractivity contribution in [2.75, 3.05) is 0 Å². The van der Waals surface area contributed by atoms with Crippen molar-refractivity contribution in [2.45, 2.75) is 0 Å². The van der Waals surface area contributed by atoms with Gasteiger partial charge in [-0.3, -0.25) is 19.1 Å². The molecule has 0 N–H and O–H groups in total. The van der Waals surface area contributed by atoms with Crippen LogP contribution in [0.2, 0.25) is 0 Å². The van der Waals surface area contributed by atoms with Crippen molar-refractivity contribution in [3.05, 3.63) is 419 Å². The van der Waals surface area contributed by atoms with Crippen LogP contribution in [-0.4, -0.2) is 61.0 Å². The third kappa shape index (κ3) is 9.75. The first kappa shape index (κ1) is 72.4. The Balaban J connectivity index is 0.0000000960. The van der Waals surface area contributed by atoms with E-state index in [4.69, 9.17) is 15.0 Å². The summed E-state index contributed by atoms with van der Waals surface area (Å²) in [4.78, 5) is 24.6.